The van der Waals surface area contributed by atoms with Crippen LogP contribution in [-0.4, -0.2) is 12.6 Å². The zero-order chi connectivity index (χ0) is 9.68. The van der Waals surface area contributed by atoms with Gasteiger partial charge < -0.3 is 5.32 Å². The molecule has 0 aromatic heterocycles. The highest BCUT2D eigenvalue weighted by Crippen LogP contribution is 2.31. The van der Waals surface area contributed by atoms with Crippen molar-refractivity contribution in [2.75, 3.05) is 6.54 Å². The van der Waals surface area contributed by atoms with E-state index in [1.807, 2.05) is 0 Å². The molecule has 0 spiro atoms. The molecule has 1 aliphatic carbocycles. The standard InChI is InChI=1S/C12H25N/c1-4-12(5-2)10(3)13-9-8-11-6-7-11/h10-13H,4-9H2,1-3H3. The molecule has 1 rings (SSSR count). The van der Waals surface area contributed by atoms with Crippen LogP contribution in [0.5, 0.6) is 0 Å². The summed E-state index contributed by atoms with van der Waals surface area (Å²) in [6.45, 7) is 8.17. The Bertz CT molecular complexity index is 125. The van der Waals surface area contributed by atoms with Crippen LogP contribution in [0.1, 0.15) is 52.9 Å². The first kappa shape index (κ1) is 11.0. The molecule has 1 aliphatic rings. The van der Waals surface area contributed by atoms with E-state index in [-0.39, 0.29) is 0 Å². The molecule has 1 fully saturated rings. The zero-order valence-electron chi connectivity index (χ0n) is 9.47. The van der Waals surface area contributed by atoms with Crippen LogP contribution in [-0.2, 0) is 0 Å². The van der Waals surface area contributed by atoms with Crippen LogP contribution >= 0.6 is 0 Å². The van der Waals surface area contributed by atoms with Gasteiger partial charge in [0.05, 0.1) is 0 Å². The van der Waals surface area contributed by atoms with Crippen molar-refractivity contribution in [3.8, 4) is 0 Å². The van der Waals surface area contributed by atoms with Crippen LogP contribution in [0.2, 0.25) is 0 Å². The maximum atomic E-state index is 3.66. The van der Waals surface area contributed by atoms with E-state index in [4.69, 9.17) is 0 Å². The van der Waals surface area contributed by atoms with Crippen LogP contribution in [0.15, 0.2) is 0 Å². The van der Waals surface area contributed by atoms with E-state index in [1.54, 1.807) is 0 Å². The van der Waals surface area contributed by atoms with Crippen molar-refractivity contribution >= 4 is 0 Å². The van der Waals surface area contributed by atoms with Crippen molar-refractivity contribution in [1.29, 1.82) is 0 Å². The first-order valence-corrected chi connectivity index (χ1v) is 6.01. The molecule has 1 heteroatoms. The normalized spacial score (nSPS) is 19.4. The second kappa shape index (κ2) is 5.64. The van der Waals surface area contributed by atoms with Crippen LogP contribution in [0, 0.1) is 11.8 Å². The molecule has 1 N–H and O–H groups in total. The fraction of sp³-hybridized carbons (Fsp3) is 1.00. The average Bonchev–Trinajstić information content (AvgIpc) is 2.90. The van der Waals surface area contributed by atoms with Crippen LogP contribution in [0.3, 0.4) is 0 Å². The lowest BCUT2D eigenvalue weighted by atomic mass is 9.95. The van der Waals surface area contributed by atoms with Crippen molar-refractivity contribution in [2.24, 2.45) is 11.8 Å². The predicted molar refractivity (Wildman–Crippen MR) is 58.9 cm³/mol. The van der Waals surface area contributed by atoms with Gasteiger partial charge in [-0.2, -0.15) is 0 Å². The summed E-state index contributed by atoms with van der Waals surface area (Å²) in [4.78, 5) is 0. The molecule has 0 heterocycles. The quantitative estimate of drug-likeness (QED) is 0.639. The van der Waals surface area contributed by atoms with E-state index in [0.29, 0.717) is 6.04 Å². The lowest BCUT2D eigenvalue weighted by molar-refractivity contribution is 0.351. The lowest BCUT2D eigenvalue weighted by Gasteiger charge is -2.22. The summed E-state index contributed by atoms with van der Waals surface area (Å²) in [5.74, 6) is 1.95. The minimum absolute atomic E-state index is 0.716. The largest absolute Gasteiger partial charge is 0.314 e. The molecule has 1 atom stereocenters. The molecule has 13 heavy (non-hydrogen) atoms. The fourth-order valence-electron chi connectivity index (χ4n) is 2.08. The second-order valence-corrected chi connectivity index (χ2v) is 4.55. The second-order valence-electron chi connectivity index (χ2n) is 4.55. The number of hydrogen-bond acceptors (Lipinski definition) is 1. The van der Waals surface area contributed by atoms with Gasteiger partial charge in [0.25, 0.3) is 0 Å². The Labute approximate surface area is 83.3 Å². The van der Waals surface area contributed by atoms with E-state index in [1.165, 1.54) is 38.6 Å². The van der Waals surface area contributed by atoms with Gasteiger partial charge in [-0.15, -0.1) is 0 Å². The Hall–Kier alpha value is -0.0400. The van der Waals surface area contributed by atoms with Crippen molar-refractivity contribution in [3.05, 3.63) is 0 Å². The molecule has 1 unspecified atom stereocenters. The third kappa shape index (κ3) is 4.12. The van der Waals surface area contributed by atoms with Gasteiger partial charge in [0.1, 0.15) is 0 Å². The summed E-state index contributed by atoms with van der Waals surface area (Å²) in [5, 5.41) is 3.66. The van der Waals surface area contributed by atoms with Crippen LogP contribution < -0.4 is 5.32 Å². The summed E-state index contributed by atoms with van der Waals surface area (Å²) in [6.07, 6.45) is 7.01. The highest BCUT2D eigenvalue weighted by Gasteiger charge is 2.21. The summed E-state index contributed by atoms with van der Waals surface area (Å²) in [7, 11) is 0. The Morgan fingerprint density at radius 2 is 1.85 bits per heavy atom. The van der Waals surface area contributed by atoms with Crippen molar-refractivity contribution in [2.45, 2.75) is 58.9 Å². The minimum atomic E-state index is 0.716. The minimum Gasteiger partial charge on any atom is -0.314 e. The topological polar surface area (TPSA) is 12.0 Å². The van der Waals surface area contributed by atoms with Gasteiger partial charge in [-0.25, -0.2) is 0 Å². The van der Waals surface area contributed by atoms with Crippen LogP contribution in [0.4, 0.5) is 0 Å². The van der Waals surface area contributed by atoms with Gasteiger partial charge in [0.15, 0.2) is 0 Å². The molecule has 0 saturated heterocycles. The SMILES string of the molecule is CCC(CC)C(C)NCCC1CC1. The fourth-order valence-corrected chi connectivity index (χ4v) is 2.08. The third-order valence-electron chi connectivity index (χ3n) is 3.47. The molecule has 0 aromatic rings. The summed E-state index contributed by atoms with van der Waals surface area (Å²) >= 11 is 0. The summed E-state index contributed by atoms with van der Waals surface area (Å²) in [5.41, 5.74) is 0. The summed E-state index contributed by atoms with van der Waals surface area (Å²) < 4.78 is 0. The smallest absolute Gasteiger partial charge is 0.00667 e. The number of rotatable bonds is 7. The molecule has 1 nitrogen and oxygen atoms in total. The van der Waals surface area contributed by atoms with Crippen molar-refractivity contribution < 1.29 is 0 Å². The predicted octanol–water partition coefficient (Wildman–Crippen LogP) is 3.20. The number of hydrogen-bond donors (Lipinski definition) is 1. The molecular formula is C12H25N. The highest BCUT2D eigenvalue weighted by molar-refractivity contribution is 4.76. The van der Waals surface area contributed by atoms with Gasteiger partial charge in [-0.1, -0.05) is 39.5 Å². The maximum Gasteiger partial charge on any atom is 0.00667 e. The lowest BCUT2D eigenvalue weighted by Crippen LogP contribution is -2.33. The molecule has 0 aliphatic heterocycles. The monoisotopic (exact) mass is 183 g/mol. The molecule has 0 aromatic carbocycles. The molecule has 78 valence electrons. The highest BCUT2D eigenvalue weighted by atomic mass is 14.9. The van der Waals surface area contributed by atoms with Gasteiger partial charge in [-0.3, -0.25) is 0 Å². The maximum absolute atomic E-state index is 3.66. The van der Waals surface area contributed by atoms with Crippen molar-refractivity contribution in [3.63, 3.8) is 0 Å². The molecule has 0 amide bonds. The van der Waals surface area contributed by atoms with E-state index >= 15 is 0 Å². The molecular weight excluding hydrogens is 158 g/mol. The van der Waals surface area contributed by atoms with Gasteiger partial charge >= 0.3 is 0 Å². The molecule has 1 saturated carbocycles. The van der Waals surface area contributed by atoms with E-state index in [2.05, 4.69) is 26.1 Å². The van der Waals surface area contributed by atoms with E-state index < -0.39 is 0 Å². The first-order chi connectivity index (χ1) is 6.27. The molecule has 0 bridgehead atoms. The molecule has 0 radical (unpaired) electrons. The Balaban J connectivity index is 2.03. The van der Waals surface area contributed by atoms with Crippen LogP contribution in [0.25, 0.3) is 0 Å². The van der Waals surface area contributed by atoms with Gasteiger partial charge in [-0.05, 0) is 31.7 Å². The summed E-state index contributed by atoms with van der Waals surface area (Å²) in [6, 6.07) is 0.716. The third-order valence-corrected chi connectivity index (χ3v) is 3.47. The Morgan fingerprint density at radius 3 is 2.31 bits per heavy atom. The zero-order valence-corrected chi connectivity index (χ0v) is 9.47. The van der Waals surface area contributed by atoms with Gasteiger partial charge in [0, 0.05) is 6.04 Å². The first-order valence-electron chi connectivity index (χ1n) is 6.01. The van der Waals surface area contributed by atoms with E-state index in [0.717, 1.165) is 11.8 Å². The Morgan fingerprint density at radius 1 is 1.23 bits per heavy atom. The van der Waals surface area contributed by atoms with Crippen molar-refractivity contribution in [1.82, 2.24) is 5.32 Å². The average molecular weight is 183 g/mol. The van der Waals surface area contributed by atoms with Gasteiger partial charge in [0.2, 0.25) is 0 Å². The number of nitrogens with one attached hydrogen (secondary N) is 1. The van der Waals surface area contributed by atoms with E-state index in [9.17, 15) is 0 Å². The Kier molecular flexibility index (Phi) is 4.79.